The number of hydrogen-bond donors (Lipinski definition) is 2. The number of rotatable bonds is 5. The average molecular weight is 250 g/mol. The zero-order valence-electron chi connectivity index (χ0n) is 10.7. The van der Waals surface area contributed by atoms with Crippen molar-refractivity contribution in [3.8, 4) is 0 Å². The largest absolute Gasteiger partial charge is 0.396 e. The standard InChI is InChI=1S/C14H22N2O2/c15-10-13(11-17)14(12-4-2-1-3-5-12)16-6-8-18-9-7-16/h1-5,13-14,17H,6-11,15H2/t13-,14+/m1/s1. The lowest BCUT2D eigenvalue weighted by molar-refractivity contribution is -0.00484. The van der Waals surface area contributed by atoms with Crippen LogP contribution in [0, 0.1) is 5.92 Å². The van der Waals surface area contributed by atoms with E-state index >= 15 is 0 Å². The summed E-state index contributed by atoms with van der Waals surface area (Å²) in [6.07, 6.45) is 0. The fourth-order valence-corrected chi connectivity index (χ4v) is 2.59. The molecule has 1 fully saturated rings. The molecule has 1 aromatic carbocycles. The maximum absolute atomic E-state index is 9.55. The summed E-state index contributed by atoms with van der Waals surface area (Å²) < 4.78 is 5.40. The molecule has 4 nitrogen and oxygen atoms in total. The number of nitrogens with two attached hydrogens (primary N) is 1. The van der Waals surface area contributed by atoms with E-state index < -0.39 is 0 Å². The summed E-state index contributed by atoms with van der Waals surface area (Å²) in [6, 6.07) is 10.5. The molecule has 4 heteroatoms. The van der Waals surface area contributed by atoms with E-state index in [4.69, 9.17) is 10.5 Å². The zero-order valence-corrected chi connectivity index (χ0v) is 10.7. The molecule has 1 aromatic rings. The summed E-state index contributed by atoms with van der Waals surface area (Å²) in [5.41, 5.74) is 7.04. The van der Waals surface area contributed by atoms with Crippen molar-refractivity contribution >= 4 is 0 Å². The smallest absolute Gasteiger partial charge is 0.0594 e. The Labute approximate surface area is 108 Å². The topological polar surface area (TPSA) is 58.7 Å². The van der Waals surface area contributed by atoms with Crippen LogP contribution in [0.2, 0.25) is 0 Å². The molecule has 1 saturated heterocycles. The van der Waals surface area contributed by atoms with Crippen LogP contribution in [0.4, 0.5) is 0 Å². The first kappa shape index (κ1) is 13.5. The van der Waals surface area contributed by atoms with Crippen LogP contribution in [0.25, 0.3) is 0 Å². The van der Waals surface area contributed by atoms with Gasteiger partial charge in [-0.05, 0) is 12.1 Å². The lowest BCUT2D eigenvalue weighted by atomic mass is 9.91. The van der Waals surface area contributed by atoms with Crippen molar-refractivity contribution in [3.05, 3.63) is 35.9 Å². The minimum atomic E-state index is 0.0745. The van der Waals surface area contributed by atoms with Crippen LogP contribution in [0.1, 0.15) is 11.6 Å². The summed E-state index contributed by atoms with van der Waals surface area (Å²) in [5.74, 6) is 0.0745. The van der Waals surface area contributed by atoms with E-state index in [1.807, 2.05) is 18.2 Å². The first-order valence-electron chi connectivity index (χ1n) is 6.54. The van der Waals surface area contributed by atoms with Gasteiger partial charge in [-0.25, -0.2) is 0 Å². The van der Waals surface area contributed by atoms with Gasteiger partial charge < -0.3 is 15.6 Å². The van der Waals surface area contributed by atoms with Crippen LogP contribution in [0.5, 0.6) is 0 Å². The van der Waals surface area contributed by atoms with Crippen LogP contribution < -0.4 is 5.73 Å². The summed E-state index contributed by atoms with van der Waals surface area (Å²) >= 11 is 0. The maximum Gasteiger partial charge on any atom is 0.0594 e. The fraction of sp³-hybridized carbons (Fsp3) is 0.571. The van der Waals surface area contributed by atoms with Gasteiger partial charge in [-0.1, -0.05) is 30.3 Å². The number of aliphatic hydroxyl groups is 1. The highest BCUT2D eigenvalue weighted by atomic mass is 16.5. The summed E-state index contributed by atoms with van der Waals surface area (Å²) in [7, 11) is 0. The van der Waals surface area contributed by atoms with Gasteiger partial charge in [-0.2, -0.15) is 0 Å². The molecule has 0 bridgehead atoms. The monoisotopic (exact) mass is 250 g/mol. The Morgan fingerprint density at radius 1 is 1.22 bits per heavy atom. The molecule has 1 heterocycles. The predicted molar refractivity (Wildman–Crippen MR) is 71.2 cm³/mol. The molecule has 18 heavy (non-hydrogen) atoms. The highest BCUT2D eigenvalue weighted by Gasteiger charge is 2.28. The molecule has 0 saturated carbocycles. The highest BCUT2D eigenvalue weighted by Crippen LogP contribution is 2.28. The third kappa shape index (κ3) is 3.09. The second-order valence-electron chi connectivity index (χ2n) is 4.68. The van der Waals surface area contributed by atoms with Gasteiger partial charge in [0.05, 0.1) is 13.2 Å². The normalized spacial score (nSPS) is 20.6. The average Bonchev–Trinajstić information content (AvgIpc) is 2.46. The van der Waals surface area contributed by atoms with Gasteiger partial charge in [0, 0.05) is 31.7 Å². The molecular formula is C14H22N2O2. The molecule has 100 valence electrons. The van der Waals surface area contributed by atoms with Gasteiger partial charge in [0.2, 0.25) is 0 Å². The Bertz CT molecular complexity index is 335. The Morgan fingerprint density at radius 2 is 1.89 bits per heavy atom. The molecule has 2 rings (SSSR count). The van der Waals surface area contributed by atoms with E-state index in [0.29, 0.717) is 6.54 Å². The fourth-order valence-electron chi connectivity index (χ4n) is 2.59. The number of morpholine rings is 1. The van der Waals surface area contributed by atoms with E-state index in [1.54, 1.807) is 0 Å². The van der Waals surface area contributed by atoms with Crippen molar-refractivity contribution in [3.63, 3.8) is 0 Å². The van der Waals surface area contributed by atoms with Gasteiger partial charge >= 0.3 is 0 Å². The Morgan fingerprint density at radius 3 is 2.44 bits per heavy atom. The second-order valence-corrected chi connectivity index (χ2v) is 4.68. The summed E-state index contributed by atoms with van der Waals surface area (Å²) in [6.45, 7) is 3.92. The van der Waals surface area contributed by atoms with Gasteiger partial charge in [0.25, 0.3) is 0 Å². The van der Waals surface area contributed by atoms with Gasteiger partial charge in [0.15, 0.2) is 0 Å². The maximum atomic E-state index is 9.55. The van der Waals surface area contributed by atoms with Crippen molar-refractivity contribution in [1.29, 1.82) is 0 Å². The predicted octanol–water partition coefficient (Wildman–Crippen LogP) is 0.627. The minimum Gasteiger partial charge on any atom is -0.396 e. The van der Waals surface area contributed by atoms with Crippen LogP contribution in [0.3, 0.4) is 0 Å². The molecule has 0 radical (unpaired) electrons. The van der Waals surface area contributed by atoms with Crippen LogP contribution >= 0.6 is 0 Å². The molecular weight excluding hydrogens is 228 g/mol. The molecule has 0 aromatic heterocycles. The van der Waals surface area contributed by atoms with Crippen molar-refractivity contribution in [1.82, 2.24) is 4.90 Å². The highest BCUT2D eigenvalue weighted by molar-refractivity contribution is 5.20. The first-order valence-corrected chi connectivity index (χ1v) is 6.54. The van der Waals surface area contributed by atoms with E-state index in [2.05, 4.69) is 17.0 Å². The molecule has 2 atom stereocenters. The quantitative estimate of drug-likeness (QED) is 0.804. The van der Waals surface area contributed by atoms with Crippen LogP contribution in [0.15, 0.2) is 30.3 Å². The molecule has 0 aliphatic carbocycles. The molecule has 1 aliphatic heterocycles. The van der Waals surface area contributed by atoms with Crippen LogP contribution in [-0.4, -0.2) is 49.5 Å². The minimum absolute atomic E-state index is 0.0745. The third-order valence-corrected chi connectivity index (χ3v) is 3.56. The lowest BCUT2D eigenvalue weighted by Gasteiger charge is -2.38. The summed E-state index contributed by atoms with van der Waals surface area (Å²) in [4.78, 5) is 2.37. The Hall–Kier alpha value is -0.940. The number of aliphatic hydroxyl groups excluding tert-OH is 1. The number of benzene rings is 1. The van der Waals surface area contributed by atoms with Gasteiger partial charge in [-0.3, -0.25) is 4.90 Å². The lowest BCUT2D eigenvalue weighted by Crippen LogP contribution is -2.44. The van der Waals surface area contributed by atoms with E-state index in [0.717, 1.165) is 26.3 Å². The van der Waals surface area contributed by atoms with Gasteiger partial charge in [-0.15, -0.1) is 0 Å². The van der Waals surface area contributed by atoms with Crippen LogP contribution in [-0.2, 0) is 4.74 Å². The molecule has 1 aliphatic rings. The molecule has 0 amide bonds. The number of nitrogens with zero attached hydrogens (tertiary/aromatic N) is 1. The van der Waals surface area contributed by atoms with Crippen molar-refractivity contribution in [2.75, 3.05) is 39.5 Å². The van der Waals surface area contributed by atoms with E-state index in [9.17, 15) is 5.11 Å². The summed E-state index contributed by atoms with van der Waals surface area (Å²) in [5, 5.41) is 9.55. The van der Waals surface area contributed by atoms with Crippen molar-refractivity contribution in [2.45, 2.75) is 6.04 Å². The Kier molecular flexibility index (Phi) is 5.13. The molecule has 0 unspecified atom stereocenters. The van der Waals surface area contributed by atoms with E-state index in [1.165, 1.54) is 5.56 Å². The number of ether oxygens (including phenoxy) is 1. The first-order chi connectivity index (χ1) is 8.86. The van der Waals surface area contributed by atoms with Crippen molar-refractivity contribution < 1.29 is 9.84 Å². The third-order valence-electron chi connectivity index (χ3n) is 3.56. The SMILES string of the molecule is NC[C@H](CO)[C@H](c1ccccc1)N1CCOCC1. The molecule has 0 spiro atoms. The van der Waals surface area contributed by atoms with Gasteiger partial charge in [0.1, 0.15) is 0 Å². The number of hydrogen-bond acceptors (Lipinski definition) is 4. The Balaban J connectivity index is 2.21. The second kappa shape index (κ2) is 6.85. The van der Waals surface area contributed by atoms with E-state index in [-0.39, 0.29) is 18.6 Å². The molecule has 3 N–H and O–H groups in total. The van der Waals surface area contributed by atoms with Crippen molar-refractivity contribution in [2.24, 2.45) is 11.7 Å². The zero-order chi connectivity index (χ0) is 12.8.